The number of likely N-dealkylation sites (tertiary alicyclic amines) is 1. The Morgan fingerprint density at radius 1 is 1.16 bits per heavy atom. The number of aryl methyl sites for hydroxylation is 2. The highest BCUT2D eigenvalue weighted by Crippen LogP contribution is 2.49. The molecule has 4 rings (SSSR count). The lowest BCUT2D eigenvalue weighted by molar-refractivity contribution is -0.137. The first-order valence-corrected chi connectivity index (χ1v) is 8.89. The van der Waals surface area contributed by atoms with Crippen molar-refractivity contribution in [3.63, 3.8) is 0 Å². The molecule has 25 heavy (non-hydrogen) atoms. The average Bonchev–Trinajstić information content (AvgIpc) is 3.32. The molecule has 6 nitrogen and oxygen atoms in total. The van der Waals surface area contributed by atoms with Crippen molar-refractivity contribution in [3.8, 4) is 0 Å². The molecule has 4 amide bonds. The van der Waals surface area contributed by atoms with Crippen LogP contribution >= 0.6 is 0 Å². The summed E-state index contributed by atoms with van der Waals surface area (Å²) in [7, 11) is 0. The van der Waals surface area contributed by atoms with Gasteiger partial charge in [0.2, 0.25) is 5.91 Å². The van der Waals surface area contributed by atoms with Crippen LogP contribution in [0.25, 0.3) is 0 Å². The lowest BCUT2D eigenvalue weighted by Crippen LogP contribution is -2.56. The molecule has 2 heterocycles. The van der Waals surface area contributed by atoms with E-state index in [1.165, 1.54) is 16.7 Å². The largest absolute Gasteiger partial charge is 0.342 e. The standard InChI is InChI=1S/C19H23N3O3/c1-11-3-4-13(9-12(11)2)14-10-15(14)16(23)22-7-5-19(6-8-22)17(24)20-18(25)21-19/h3-4,9,14-15H,5-8,10H2,1-2H3,(H2,20,21,24,25)/t14-,15+/m1/s1. The predicted molar refractivity (Wildman–Crippen MR) is 92.0 cm³/mol. The Morgan fingerprint density at radius 3 is 2.48 bits per heavy atom. The van der Waals surface area contributed by atoms with Crippen molar-refractivity contribution in [1.29, 1.82) is 0 Å². The molecule has 1 saturated carbocycles. The molecule has 0 aromatic heterocycles. The Bertz CT molecular complexity index is 765. The Hall–Kier alpha value is -2.37. The third kappa shape index (κ3) is 2.69. The van der Waals surface area contributed by atoms with Crippen molar-refractivity contribution in [2.24, 2.45) is 5.92 Å². The Kier molecular flexibility index (Phi) is 3.60. The summed E-state index contributed by atoms with van der Waals surface area (Å²) < 4.78 is 0. The normalized spacial score (nSPS) is 27.2. The van der Waals surface area contributed by atoms with Crippen LogP contribution in [0.1, 0.15) is 41.9 Å². The molecule has 6 heteroatoms. The summed E-state index contributed by atoms with van der Waals surface area (Å²) in [6.07, 6.45) is 1.87. The second-order valence-electron chi connectivity index (χ2n) is 7.61. The summed E-state index contributed by atoms with van der Waals surface area (Å²) in [5, 5.41) is 5.03. The third-order valence-electron chi connectivity index (χ3n) is 6.01. The molecule has 3 aliphatic rings. The van der Waals surface area contributed by atoms with Crippen LogP contribution in [0.2, 0.25) is 0 Å². The predicted octanol–water partition coefficient (Wildman–Crippen LogP) is 1.61. The van der Waals surface area contributed by atoms with Crippen molar-refractivity contribution >= 4 is 17.8 Å². The minimum atomic E-state index is -0.815. The van der Waals surface area contributed by atoms with Crippen LogP contribution in [-0.2, 0) is 9.59 Å². The number of nitrogens with zero attached hydrogens (tertiary/aromatic N) is 1. The number of urea groups is 1. The molecular formula is C19H23N3O3. The maximum Gasteiger partial charge on any atom is 0.322 e. The highest BCUT2D eigenvalue weighted by Gasteiger charge is 2.51. The van der Waals surface area contributed by atoms with Gasteiger partial charge in [0.05, 0.1) is 0 Å². The van der Waals surface area contributed by atoms with Crippen molar-refractivity contribution in [2.75, 3.05) is 13.1 Å². The Balaban J connectivity index is 1.38. The number of imide groups is 1. The molecule has 0 bridgehead atoms. The molecule has 0 radical (unpaired) electrons. The first-order chi connectivity index (χ1) is 11.9. The lowest BCUT2D eigenvalue weighted by atomic mass is 9.87. The van der Waals surface area contributed by atoms with Crippen LogP contribution in [0.3, 0.4) is 0 Å². The minimum Gasteiger partial charge on any atom is -0.342 e. The molecule has 2 N–H and O–H groups in total. The number of carbonyl (C=O) groups excluding carboxylic acids is 3. The van der Waals surface area contributed by atoms with E-state index < -0.39 is 11.6 Å². The SMILES string of the molecule is Cc1ccc([C@H]2C[C@@H]2C(=O)N2CCC3(CC2)NC(=O)NC3=O)cc1C. The van der Waals surface area contributed by atoms with Gasteiger partial charge in [0.1, 0.15) is 5.54 Å². The summed E-state index contributed by atoms with van der Waals surface area (Å²) in [5.41, 5.74) is 2.96. The Morgan fingerprint density at radius 2 is 1.88 bits per heavy atom. The zero-order chi connectivity index (χ0) is 17.8. The first-order valence-electron chi connectivity index (χ1n) is 8.89. The van der Waals surface area contributed by atoms with Gasteiger partial charge in [0.25, 0.3) is 5.91 Å². The van der Waals surface area contributed by atoms with Gasteiger partial charge in [-0.25, -0.2) is 4.79 Å². The Labute approximate surface area is 147 Å². The van der Waals surface area contributed by atoms with Crippen LogP contribution in [0, 0.1) is 19.8 Å². The van der Waals surface area contributed by atoms with Crippen molar-refractivity contribution in [1.82, 2.24) is 15.5 Å². The molecular weight excluding hydrogens is 318 g/mol. The summed E-state index contributed by atoms with van der Waals surface area (Å²) in [4.78, 5) is 38.0. The molecule has 2 saturated heterocycles. The van der Waals surface area contributed by atoms with Crippen molar-refractivity contribution in [3.05, 3.63) is 34.9 Å². The fraction of sp³-hybridized carbons (Fsp3) is 0.526. The van der Waals surface area contributed by atoms with Gasteiger partial charge >= 0.3 is 6.03 Å². The molecule has 3 fully saturated rings. The van der Waals surface area contributed by atoms with E-state index in [2.05, 4.69) is 42.7 Å². The van der Waals surface area contributed by atoms with E-state index in [9.17, 15) is 14.4 Å². The van der Waals surface area contributed by atoms with E-state index in [1.54, 1.807) is 0 Å². The van der Waals surface area contributed by atoms with Gasteiger partial charge < -0.3 is 10.2 Å². The van der Waals surface area contributed by atoms with Crippen LogP contribution in [0.15, 0.2) is 18.2 Å². The zero-order valence-electron chi connectivity index (χ0n) is 14.6. The summed E-state index contributed by atoms with van der Waals surface area (Å²) >= 11 is 0. The smallest absolute Gasteiger partial charge is 0.322 e. The van der Waals surface area contributed by atoms with Gasteiger partial charge in [0.15, 0.2) is 0 Å². The topological polar surface area (TPSA) is 78.5 Å². The van der Waals surface area contributed by atoms with Crippen molar-refractivity contribution < 1.29 is 14.4 Å². The van der Waals surface area contributed by atoms with E-state index >= 15 is 0 Å². The van der Waals surface area contributed by atoms with Crippen LogP contribution in [0.5, 0.6) is 0 Å². The molecule has 2 atom stereocenters. The number of nitrogens with one attached hydrogen (secondary N) is 2. The van der Waals surface area contributed by atoms with E-state index in [4.69, 9.17) is 0 Å². The fourth-order valence-electron chi connectivity index (χ4n) is 4.06. The van der Waals surface area contributed by atoms with Gasteiger partial charge in [-0.2, -0.15) is 0 Å². The van der Waals surface area contributed by atoms with E-state index in [0.717, 1.165) is 6.42 Å². The molecule has 1 aromatic rings. The summed E-state index contributed by atoms with van der Waals surface area (Å²) in [6, 6.07) is 6.01. The zero-order valence-corrected chi connectivity index (χ0v) is 14.6. The van der Waals surface area contributed by atoms with Crippen LogP contribution in [0.4, 0.5) is 4.79 Å². The molecule has 1 aliphatic carbocycles. The van der Waals surface area contributed by atoms with Gasteiger partial charge in [0, 0.05) is 19.0 Å². The number of carbonyl (C=O) groups is 3. The maximum atomic E-state index is 12.8. The molecule has 1 aromatic carbocycles. The van der Waals surface area contributed by atoms with Gasteiger partial charge in [-0.15, -0.1) is 0 Å². The summed E-state index contributed by atoms with van der Waals surface area (Å²) in [6.45, 7) is 5.23. The van der Waals surface area contributed by atoms with Gasteiger partial charge in [-0.05, 0) is 55.7 Å². The highest BCUT2D eigenvalue weighted by atomic mass is 16.2. The molecule has 0 unspecified atom stereocenters. The second kappa shape index (κ2) is 5.58. The second-order valence-corrected chi connectivity index (χ2v) is 7.61. The molecule has 1 spiro atoms. The fourth-order valence-corrected chi connectivity index (χ4v) is 4.06. The number of rotatable bonds is 2. The van der Waals surface area contributed by atoms with E-state index in [-0.39, 0.29) is 17.7 Å². The van der Waals surface area contributed by atoms with E-state index in [1.807, 2.05) is 4.90 Å². The number of hydrogen-bond acceptors (Lipinski definition) is 3. The quantitative estimate of drug-likeness (QED) is 0.802. The van der Waals surface area contributed by atoms with Crippen LogP contribution < -0.4 is 10.6 Å². The lowest BCUT2D eigenvalue weighted by Gasteiger charge is -2.37. The first kappa shape index (κ1) is 16.1. The van der Waals surface area contributed by atoms with Crippen molar-refractivity contribution in [2.45, 2.75) is 44.6 Å². The van der Waals surface area contributed by atoms with E-state index in [0.29, 0.717) is 31.8 Å². The molecule has 2 aliphatic heterocycles. The monoisotopic (exact) mass is 341 g/mol. The van der Waals surface area contributed by atoms with Crippen LogP contribution in [-0.4, -0.2) is 41.4 Å². The van der Waals surface area contributed by atoms with Gasteiger partial charge in [-0.3, -0.25) is 14.9 Å². The minimum absolute atomic E-state index is 0.0585. The maximum absolute atomic E-state index is 12.8. The average molecular weight is 341 g/mol. The number of hydrogen-bond donors (Lipinski definition) is 2. The third-order valence-corrected chi connectivity index (χ3v) is 6.01. The number of piperidine rings is 1. The number of amides is 4. The van der Waals surface area contributed by atoms with Gasteiger partial charge in [-0.1, -0.05) is 18.2 Å². The number of benzene rings is 1. The molecule has 132 valence electrons. The highest BCUT2D eigenvalue weighted by molar-refractivity contribution is 6.07. The summed E-state index contributed by atoms with van der Waals surface area (Å²) in [5.74, 6) is 0.298.